The first-order chi connectivity index (χ1) is 18.7. The van der Waals surface area contributed by atoms with Gasteiger partial charge in [0.2, 0.25) is 5.91 Å². The van der Waals surface area contributed by atoms with Gasteiger partial charge in [0.1, 0.15) is 23.5 Å². The van der Waals surface area contributed by atoms with E-state index in [9.17, 15) is 22.0 Å². The van der Waals surface area contributed by atoms with E-state index in [0.717, 1.165) is 22.3 Å². The first-order valence-corrected chi connectivity index (χ1v) is 15.3. The van der Waals surface area contributed by atoms with E-state index in [-0.39, 0.29) is 36.3 Å². The van der Waals surface area contributed by atoms with E-state index in [1.54, 1.807) is 6.07 Å². The standard InChI is InChI=1S/C27H27F2N5O3S2/c28-18-3-7-21(22(15-18)26(35)31-10-9-30)24-25(38-27(33-24)23-8-4-19(29)16-32-23)17-1-5-20(6-2-17)34-11-13-39(36,37)14-12-34/h1-2,4-6,8,16,18,21-22H,3,7,10-15H2,(H,31,35)/t18-,21+,22+/m0/s1. The number of nitrogens with one attached hydrogen (secondary N) is 1. The third-order valence-corrected chi connectivity index (χ3v) is 10.0. The lowest BCUT2D eigenvalue weighted by Crippen LogP contribution is -2.40. The molecule has 3 atom stereocenters. The molecule has 12 heteroatoms. The zero-order valence-electron chi connectivity index (χ0n) is 21.0. The Balaban J connectivity index is 1.52. The number of hydrogen-bond acceptors (Lipinski definition) is 8. The molecule has 1 aliphatic heterocycles. The zero-order valence-corrected chi connectivity index (χ0v) is 22.6. The third kappa shape index (κ3) is 6.09. The first kappa shape index (κ1) is 27.1. The van der Waals surface area contributed by atoms with Gasteiger partial charge in [-0.1, -0.05) is 12.1 Å². The summed E-state index contributed by atoms with van der Waals surface area (Å²) < 4.78 is 51.6. The van der Waals surface area contributed by atoms with Gasteiger partial charge in [-0.15, -0.1) is 11.3 Å². The lowest BCUT2D eigenvalue weighted by atomic mass is 9.75. The summed E-state index contributed by atoms with van der Waals surface area (Å²) in [6.07, 6.45) is 0.756. The van der Waals surface area contributed by atoms with E-state index in [4.69, 9.17) is 10.2 Å². The highest BCUT2D eigenvalue weighted by atomic mass is 32.2. The number of nitriles is 1. The molecule has 3 aromatic rings. The van der Waals surface area contributed by atoms with Crippen molar-refractivity contribution < 1.29 is 22.0 Å². The average molecular weight is 572 g/mol. The number of amides is 1. The van der Waals surface area contributed by atoms with Crippen molar-refractivity contribution in [1.29, 1.82) is 5.26 Å². The highest BCUT2D eigenvalue weighted by Crippen LogP contribution is 2.46. The summed E-state index contributed by atoms with van der Waals surface area (Å²) in [7, 11) is -3.00. The molecule has 1 saturated heterocycles. The summed E-state index contributed by atoms with van der Waals surface area (Å²) >= 11 is 1.37. The molecule has 1 aromatic carbocycles. The van der Waals surface area contributed by atoms with Crippen LogP contribution in [0.5, 0.6) is 0 Å². The van der Waals surface area contributed by atoms with Gasteiger partial charge in [-0.05, 0) is 49.1 Å². The van der Waals surface area contributed by atoms with Gasteiger partial charge >= 0.3 is 0 Å². The molecule has 0 radical (unpaired) electrons. The van der Waals surface area contributed by atoms with Gasteiger partial charge in [-0.3, -0.25) is 9.78 Å². The van der Waals surface area contributed by atoms with Crippen LogP contribution in [0.3, 0.4) is 0 Å². The summed E-state index contributed by atoms with van der Waals surface area (Å²) in [5.74, 6) is -1.66. The molecule has 0 unspecified atom stereocenters. The molecule has 5 rings (SSSR count). The maximum atomic E-state index is 14.5. The Kier molecular flexibility index (Phi) is 7.91. The summed E-state index contributed by atoms with van der Waals surface area (Å²) in [4.78, 5) is 24.8. The summed E-state index contributed by atoms with van der Waals surface area (Å²) in [6.45, 7) is 0.701. The average Bonchev–Trinajstić information content (AvgIpc) is 3.37. The molecular weight excluding hydrogens is 544 g/mol. The van der Waals surface area contributed by atoms with Crippen LogP contribution in [0.4, 0.5) is 14.5 Å². The normalized spacial score (nSPS) is 22.7. The highest BCUT2D eigenvalue weighted by Gasteiger charge is 2.39. The maximum absolute atomic E-state index is 14.5. The number of hydrogen-bond donors (Lipinski definition) is 1. The van der Waals surface area contributed by atoms with Crippen LogP contribution < -0.4 is 10.2 Å². The molecule has 3 heterocycles. The zero-order chi connectivity index (χ0) is 27.6. The van der Waals surface area contributed by atoms with Crippen LogP contribution in [0.15, 0.2) is 42.6 Å². The van der Waals surface area contributed by atoms with Crippen LogP contribution >= 0.6 is 11.3 Å². The number of pyridine rings is 1. The number of thiazole rings is 1. The van der Waals surface area contributed by atoms with Crippen molar-refractivity contribution >= 4 is 32.8 Å². The van der Waals surface area contributed by atoms with Crippen LogP contribution in [0.2, 0.25) is 0 Å². The molecule has 39 heavy (non-hydrogen) atoms. The largest absolute Gasteiger partial charge is 0.369 e. The number of anilines is 1. The minimum Gasteiger partial charge on any atom is -0.369 e. The summed E-state index contributed by atoms with van der Waals surface area (Å²) in [5, 5.41) is 12.1. The van der Waals surface area contributed by atoms with E-state index < -0.39 is 27.7 Å². The number of carbonyl (C=O) groups is 1. The number of aromatic nitrogens is 2. The Hall–Kier alpha value is -3.43. The molecule has 204 valence electrons. The number of rotatable bonds is 6. The van der Waals surface area contributed by atoms with E-state index in [1.807, 2.05) is 35.2 Å². The number of carbonyl (C=O) groups excluding carboxylic acids is 1. The molecule has 1 aliphatic carbocycles. The minimum absolute atomic E-state index is 0.0415. The fourth-order valence-electron chi connectivity index (χ4n) is 5.19. The van der Waals surface area contributed by atoms with Gasteiger partial charge in [0.05, 0.1) is 40.0 Å². The second-order valence-corrected chi connectivity index (χ2v) is 13.1. The van der Waals surface area contributed by atoms with E-state index >= 15 is 0 Å². The van der Waals surface area contributed by atoms with Crippen molar-refractivity contribution in [3.05, 3.63) is 54.1 Å². The van der Waals surface area contributed by atoms with Gasteiger partial charge in [-0.25, -0.2) is 22.2 Å². The molecule has 2 aliphatic rings. The molecule has 1 saturated carbocycles. The number of benzene rings is 1. The number of halogens is 2. The molecule has 2 aromatic heterocycles. The Labute approximate surface area is 229 Å². The van der Waals surface area contributed by atoms with Crippen molar-refractivity contribution in [3.8, 4) is 27.2 Å². The quantitative estimate of drug-likeness (QED) is 0.443. The number of sulfone groups is 1. The van der Waals surface area contributed by atoms with Crippen molar-refractivity contribution in [2.45, 2.75) is 31.4 Å². The molecule has 0 spiro atoms. The van der Waals surface area contributed by atoms with Crippen molar-refractivity contribution in [2.24, 2.45) is 5.92 Å². The monoisotopic (exact) mass is 571 g/mol. The predicted molar refractivity (Wildman–Crippen MR) is 145 cm³/mol. The van der Waals surface area contributed by atoms with Crippen LogP contribution in [0.1, 0.15) is 30.9 Å². The SMILES string of the molecule is N#CCNC(=O)[C@@H]1C[C@@H](F)CC[C@H]1c1nc(-c2ccc(F)cn2)sc1-c1ccc(N2CCS(=O)(=O)CC2)cc1. The Morgan fingerprint density at radius 2 is 1.90 bits per heavy atom. The third-order valence-electron chi connectivity index (χ3n) is 7.25. The van der Waals surface area contributed by atoms with Crippen molar-refractivity contribution in [1.82, 2.24) is 15.3 Å². The maximum Gasteiger partial charge on any atom is 0.224 e. The summed E-state index contributed by atoms with van der Waals surface area (Å²) in [5.41, 5.74) is 2.90. The Morgan fingerprint density at radius 1 is 1.15 bits per heavy atom. The number of alkyl halides is 1. The number of nitrogens with zero attached hydrogens (tertiary/aromatic N) is 4. The van der Waals surface area contributed by atoms with Crippen LogP contribution in [-0.2, 0) is 14.6 Å². The molecular formula is C27H27F2N5O3S2. The Morgan fingerprint density at radius 3 is 2.56 bits per heavy atom. The Bertz CT molecular complexity index is 1470. The van der Waals surface area contributed by atoms with Gasteiger partial charge in [0.25, 0.3) is 0 Å². The van der Waals surface area contributed by atoms with Crippen LogP contribution in [0, 0.1) is 23.1 Å². The van der Waals surface area contributed by atoms with E-state index in [1.165, 1.54) is 17.4 Å². The molecule has 8 nitrogen and oxygen atoms in total. The second kappa shape index (κ2) is 11.4. The molecule has 1 amide bonds. The predicted octanol–water partition coefficient (Wildman–Crippen LogP) is 4.11. The fourth-order valence-corrected chi connectivity index (χ4v) is 7.51. The topological polar surface area (TPSA) is 116 Å². The smallest absolute Gasteiger partial charge is 0.224 e. The van der Waals surface area contributed by atoms with E-state index in [0.29, 0.717) is 42.3 Å². The van der Waals surface area contributed by atoms with Gasteiger partial charge in [0.15, 0.2) is 9.84 Å². The minimum atomic E-state index is -3.00. The lowest BCUT2D eigenvalue weighted by Gasteiger charge is -2.32. The van der Waals surface area contributed by atoms with Gasteiger partial charge < -0.3 is 10.2 Å². The lowest BCUT2D eigenvalue weighted by molar-refractivity contribution is -0.127. The van der Waals surface area contributed by atoms with Gasteiger partial charge in [0, 0.05) is 30.6 Å². The van der Waals surface area contributed by atoms with Crippen LogP contribution in [-0.4, -0.2) is 61.6 Å². The molecule has 0 bridgehead atoms. The van der Waals surface area contributed by atoms with Crippen molar-refractivity contribution in [3.63, 3.8) is 0 Å². The molecule has 2 fully saturated rings. The highest BCUT2D eigenvalue weighted by molar-refractivity contribution is 7.91. The second-order valence-electron chi connectivity index (χ2n) is 9.78. The van der Waals surface area contributed by atoms with E-state index in [2.05, 4.69) is 10.3 Å². The fraction of sp³-hybridized carbons (Fsp3) is 0.407. The van der Waals surface area contributed by atoms with Crippen LogP contribution in [0.25, 0.3) is 21.1 Å². The molecule has 1 N–H and O–H groups in total. The van der Waals surface area contributed by atoms with Gasteiger partial charge in [-0.2, -0.15) is 5.26 Å². The summed E-state index contributed by atoms with van der Waals surface area (Å²) in [6, 6.07) is 12.5. The van der Waals surface area contributed by atoms with Crippen molar-refractivity contribution in [2.75, 3.05) is 36.0 Å². The first-order valence-electron chi connectivity index (χ1n) is 12.7.